The lowest BCUT2D eigenvalue weighted by Gasteiger charge is -2.36. The zero-order valence-corrected chi connectivity index (χ0v) is 6.55. The van der Waals surface area contributed by atoms with Crippen LogP contribution in [0.5, 0.6) is 0 Å². The summed E-state index contributed by atoms with van der Waals surface area (Å²) < 4.78 is 5.01. The van der Waals surface area contributed by atoms with Gasteiger partial charge < -0.3 is 4.74 Å². The van der Waals surface area contributed by atoms with E-state index >= 15 is 0 Å². The molecular weight excluding hydrogens is 126 g/mol. The molecule has 0 aromatic heterocycles. The van der Waals surface area contributed by atoms with Crippen molar-refractivity contribution in [3.63, 3.8) is 0 Å². The highest BCUT2D eigenvalue weighted by atomic mass is 16.5. The molecule has 0 bridgehead atoms. The molecule has 10 heavy (non-hydrogen) atoms. The summed E-state index contributed by atoms with van der Waals surface area (Å²) in [6.07, 6.45) is 0.976. The van der Waals surface area contributed by atoms with Gasteiger partial charge in [-0.15, -0.1) is 0 Å². The van der Waals surface area contributed by atoms with Gasteiger partial charge >= 0.3 is 0 Å². The molecule has 1 rings (SSSR count). The van der Waals surface area contributed by atoms with Gasteiger partial charge in [0.25, 0.3) is 0 Å². The SMILES string of the molecule is CC(C)CC1(C#N)COC1. The molecule has 0 spiro atoms. The number of nitriles is 1. The highest BCUT2D eigenvalue weighted by Gasteiger charge is 2.39. The standard InChI is InChI=1S/C8H13NO/c1-7(2)3-8(4-9)5-10-6-8/h7H,3,5-6H2,1-2H3. The predicted octanol–water partition coefficient (Wildman–Crippen LogP) is 1.57. The van der Waals surface area contributed by atoms with Crippen LogP contribution in [0.4, 0.5) is 0 Å². The van der Waals surface area contributed by atoms with E-state index in [0.717, 1.165) is 6.42 Å². The second-order valence-corrected chi connectivity index (χ2v) is 3.48. The van der Waals surface area contributed by atoms with Gasteiger partial charge in [0.15, 0.2) is 0 Å². The monoisotopic (exact) mass is 139 g/mol. The first-order valence-corrected chi connectivity index (χ1v) is 3.67. The second-order valence-electron chi connectivity index (χ2n) is 3.48. The number of hydrogen-bond donors (Lipinski definition) is 0. The molecule has 0 saturated carbocycles. The van der Waals surface area contributed by atoms with Crippen molar-refractivity contribution >= 4 is 0 Å². The summed E-state index contributed by atoms with van der Waals surface area (Å²) in [5.74, 6) is 0.601. The molecule has 0 atom stereocenters. The maximum atomic E-state index is 8.76. The first-order valence-electron chi connectivity index (χ1n) is 3.67. The van der Waals surface area contributed by atoms with Gasteiger partial charge in [-0.05, 0) is 12.3 Å². The van der Waals surface area contributed by atoms with Crippen LogP contribution in [-0.4, -0.2) is 13.2 Å². The summed E-state index contributed by atoms with van der Waals surface area (Å²) in [7, 11) is 0. The summed E-state index contributed by atoms with van der Waals surface area (Å²) >= 11 is 0. The molecule has 0 aromatic rings. The minimum absolute atomic E-state index is 0.131. The van der Waals surface area contributed by atoms with Crippen molar-refractivity contribution in [2.45, 2.75) is 20.3 Å². The molecule has 2 heteroatoms. The van der Waals surface area contributed by atoms with E-state index in [1.165, 1.54) is 0 Å². The van der Waals surface area contributed by atoms with Crippen LogP contribution in [0.15, 0.2) is 0 Å². The minimum Gasteiger partial charge on any atom is -0.378 e. The fraction of sp³-hybridized carbons (Fsp3) is 0.875. The van der Waals surface area contributed by atoms with Gasteiger partial charge in [0.1, 0.15) is 5.41 Å². The fourth-order valence-electron chi connectivity index (χ4n) is 1.36. The Morgan fingerprint density at radius 2 is 2.20 bits per heavy atom. The normalized spacial score (nSPS) is 21.8. The Labute approximate surface area is 61.8 Å². The minimum atomic E-state index is -0.131. The molecule has 1 heterocycles. The topological polar surface area (TPSA) is 33.0 Å². The van der Waals surface area contributed by atoms with Gasteiger partial charge in [-0.25, -0.2) is 0 Å². The molecule has 1 saturated heterocycles. The average Bonchev–Trinajstić information content (AvgIpc) is 1.78. The molecule has 0 unspecified atom stereocenters. The van der Waals surface area contributed by atoms with Crippen LogP contribution in [0.25, 0.3) is 0 Å². The van der Waals surface area contributed by atoms with Crippen LogP contribution >= 0.6 is 0 Å². The Hall–Kier alpha value is -0.550. The molecular formula is C8H13NO. The van der Waals surface area contributed by atoms with Crippen LogP contribution < -0.4 is 0 Å². The van der Waals surface area contributed by atoms with Crippen molar-refractivity contribution in [1.29, 1.82) is 5.26 Å². The summed E-state index contributed by atoms with van der Waals surface area (Å²) in [4.78, 5) is 0. The van der Waals surface area contributed by atoms with Gasteiger partial charge in [0, 0.05) is 0 Å². The van der Waals surface area contributed by atoms with E-state index < -0.39 is 0 Å². The second kappa shape index (κ2) is 2.59. The van der Waals surface area contributed by atoms with Crippen LogP contribution in [0.1, 0.15) is 20.3 Å². The van der Waals surface area contributed by atoms with Gasteiger partial charge in [-0.2, -0.15) is 5.26 Å². The maximum Gasteiger partial charge on any atom is 0.104 e. The lowest BCUT2D eigenvalue weighted by Crippen LogP contribution is -2.42. The Morgan fingerprint density at radius 1 is 1.60 bits per heavy atom. The molecule has 0 aliphatic carbocycles. The average molecular weight is 139 g/mol. The first-order chi connectivity index (χ1) is 4.68. The highest BCUT2D eigenvalue weighted by Crippen LogP contribution is 2.33. The van der Waals surface area contributed by atoms with Crippen molar-refractivity contribution < 1.29 is 4.74 Å². The molecule has 1 fully saturated rings. The van der Waals surface area contributed by atoms with Crippen LogP contribution in [0, 0.1) is 22.7 Å². The molecule has 0 radical (unpaired) electrons. The van der Waals surface area contributed by atoms with E-state index in [2.05, 4.69) is 19.9 Å². The molecule has 1 aliphatic heterocycles. The lowest BCUT2D eigenvalue weighted by molar-refractivity contribution is -0.0867. The van der Waals surface area contributed by atoms with Gasteiger partial charge in [-0.1, -0.05) is 13.8 Å². The fourth-order valence-corrected chi connectivity index (χ4v) is 1.36. The summed E-state index contributed by atoms with van der Waals surface area (Å²) in [5, 5.41) is 8.76. The number of ether oxygens (including phenoxy) is 1. The molecule has 56 valence electrons. The van der Waals surface area contributed by atoms with Crippen molar-refractivity contribution in [3.8, 4) is 6.07 Å². The Balaban J connectivity index is 2.43. The maximum absolute atomic E-state index is 8.76. The highest BCUT2D eigenvalue weighted by molar-refractivity contribution is 5.03. The van der Waals surface area contributed by atoms with E-state index in [1.807, 2.05) is 0 Å². The van der Waals surface area contributed by atoms with Crippen LogP contribution in [-0.2, 0) is 4.74 Å². The summed E-state index contributed by atoms with van der Waals surface area (Å²) in [6, 6.07) is 2.32. The van der Waals surface area contributed by atoms with Gasteiger partial charge in [0.05, 0.1) is 19.3 Å². The first kappa shape index (κ1) is 7.56. The van der Waals surface area contributed by atoms with Gasteiger partial charge in [0.2, 0.25) is 0 Å². The molecule has 0 N–H and O–H groups in total. The zero-order valence-electron chi connectivity index (χ0n) is 6.55. The van der Waals surface area contributed by atoms with E-state index in [-0.39, 0.29) is 5.41 Å². The van der Waals surface area contributed by atoms with Crippen molar-refractivity contribution in [2.75, 3.05) is 13.2 Å². The molecule has 1 aliphatic rings. The van der Waals surface area contributed by atoms with E-state index in [4.69, 9.17) is 10.00 Å². The van der Waals surface area contributed by atoms with Crippen molar-refractivity contribution in [3.05, 3.63) is 0 Å². The van der Waals surface area contributed by atoms with Crippen molar-refractivity contribution in [1.82, 2.24) is 0 Å². The third-order valence-electron chi connectivity index (χ3n) is 1.79. The smallest absolute Gasteiger partial charge is 0.104 e. The number of hydrogen-bond acceptors (Lipinski definition) is 2. The third-order valence-corrected chi connectivity index (χ3v) is 1.79. The zero-order chi connectivity index (χ0) is 7.61. The van der Waals surface area contributed by atoms with Crippen LogP contribution in [0.3, 0.4) is 0 Å². The Kier molecular flexibility index (Phi) is 1.96. The number of rotatable bonds is 2. The van der Waals surface area contributed by atoms with E-state index in [0.29, 0.717) is 19.1 Å². The Bertz CT molecular complexity index is 153. The largest absolute Gasteiger partial charge is 0.378 e. The van der Waals surface area contributed by atoms with E-state index in [9.17, 15) is 0 Å². The predicted molar refractivity (Wildman–Crippen MR) is 38.3 cm³/mol. The molecule has 2 nitrogen and oxygen atoms in total. The Morgan fingerprint density at radius 3 is 2.30 bits per heavy atom. The lowest BCUT2D eigenvalue weighted by atomic mass is 9.80. The number of nitrogens with zero attached hydrogens (tertiary/aromatic N) is 1. The quantitative estimate of drug-likeness (QED) is 0.581. The van der Waals surface area contributed by atoms with Gasteiger partial charge in [-0.3, -0.25) is 0 Å². The summed E-state index contributed by atoms with van der Waals surface area (Å²) in [5.41, 5.74) is -0.131. The van der Waals surface area contributed by atoms with Crippen LogP contribution in [0.2, 0.25) is 0 Å². The summed E-state index contributed by atoms with van der Waals surface area (Å²) in [6.45, 7) is 5.55. The van der Waals surface area contributed by atoms with E-state index in [1.54, 1.807) is 0 Å². The van der Waals surface area contributed by atoms with Crippen molar-refractivity contribution in [2.24, 2.45) is 11.3 Å². The molecule has 0 aromatic carbocycles. The third kappa shape index (κ3) is 1.30. The molecule has 0 amide bonds.